The van der Waals surface area contributed by atoms with Gasteiger partial charge in [-0.15, -0.1) is 0 Å². The molecule has 1 N–H and O–H groups in total. The van der Waals surface area contributed by atoms with E-state index in [0.29, 0.717) is 24.6 Å². The van der Waals surface area contributed by atoms with Crippen molar-refractivity contribution in [2.24, 2.45) is 0 Å². The summed E-state index contributed by atoms with van der Waals surface area (Å²) in [5.74, 6) is 0.677. The highest BCUT2D eigenvalue weighted by Gasteiger charge is 2.23. The summed E-state index contributed by atoms with van der Waals surface area (Å²) in [6, 6.07) is 12.1. The molecule has 3 rings (SSSR count). The number of amides is 1. The first-order valence-electron chi connectivity index (χ1n) is 9.43. The van der Waals surface area contributed by atoms with E-state index in [1.165, 1.54) is 12.0 Å². The van der Waals surface area contributed by atoms with Crippen molar-refractivity contribution < 1.29 is 4.79 Å². The molecule has 1 saturated heterocycles. The van der Waals surface area contributed by atoms with Gasteiger partial charge < -0.3 is 20.0 Å². The molecule has 1 fully saturated rings. The zero-order chi connectivity index (χ0) is 19.1. The van der Waals surface area contributed by atoms with E-state index in [1.54, 1.807) is 6.07 Å². The lowest BCUT2D eigenvalue weighted by Gasteiger charge is -2.36. The van der Waals surface area contributed by atoms with Gasteiger partial charge in [-0.05, 0) is 39.2 Å². The first kappa shape index (κ1) is 19.1. The van der Waals surface area contributed by atoms with Crippen LogP contribution in [0.2, 0.25) is 0 Å². The van der Waals surface area contributed by atoms with Crippen LogP contribution in [0.5, 0.6) is 0 Å². The van der Waals surface area contributed by atoms with E-state index in [9.17, 15) is 4.79 Å². The quantitative estimate of drug-likeness (QED) is 0.752. The molecule has 0 atom stereocenters. The van der Waals surface area contributed by atoms with Gasteiger partial charge in [-0.2, -0.15) is 0 Å². The van der Waals surface area contributed by atoms with Crippen LogP contribution in [0, 0.1) is 0 Å². The third-order valence-corrected chi connectivity index (χ3v) is 4.66. The van der Waals surface area contributed by atoms with Crippen LogP contribution in [-0.2, 0) is 0 Å². The number of aromatic nitrogens is 2. The lowest BCUT2D eigenvalue weighted by molar-refractivity contribution is 0.0740. The Hall–Kier alpha value is -2.67. The van der Waals surface area contributed by atoms with Crippen LogP contribution in [-0.4, -0.2) is 79.0 Å². The molecule has 0 bridgehead atoms. The number of hydrogen-bond donors (Lipinski definition) is 1. The van der Waals surface area contributed by atoms with Gasteiger partial charge in [0.1, 0.15) is 17.8 Å². The van der Waals surface area contributed by atoms with Crippen molar-refractivity contribution in [2.45, 2.75) is 6.42 Å². The van der Waals surface area contributed by atoms with Crippen LogP contribution in [0.4, 0.5) is 11.5 Å². The molecule has 2 aromatic rings. The second kappa shape index (κ2) is 9.32. The molecule has 1 aliphatic rings. The molecule has 27 heavy (non-hydrogen) atoms. The number of nitrogens with one attached hydrogen (secondary N) is 1. The molecule has 1 aliphatic heterocycles. The number of para-hydroxylation sites is 1. The summed E-state index contributed by atoms with van der Waals surface area (Å²) in [6.45, 7) is 4.88. The van der Waals surface area contributed by atoms with Gasteiger partial charge in [0.25, 0.3) is 5.91 Å². The molecule has 0 radical (unpaired) electrons. The van der Waals surface area contributed by atoms with Gasteiger partial charge in [0.05, 0.1) is 0 Å². The largest absolute Gasteiger partial charge is 0.370 e. The Kier molecular flexibility index (Phi) is 6.59. The zero-order valence-corrected chi connectivity index (χ0v) is 16.1. The fraction of sp³-hybridized carbons (Fsp3) is 0.450. The molecule has 0 unspecified atom stereocenters. The summed E-state index contributed by atoms with van der Waals surface area (Å²) in [4.78, 5) is 27.5. The van der Waals surface area contributed by atoms with E-state index in [4.69, 9.17) is 0 Å². The summed E-state index contributed by atoms with van der Waals surface area (Å²) >= 11 is 0. The summed E-state index contributed by atoms with van der Waals surface area (Å²) < 4.78 is 0. The predicted molar refractivity (Wildman–Crippen MR) is 108 cm³/mol. The van der Waals surface area contributed by atoms with Crippen LogP contribution < -0.4 is 10.2 Å². The van der Waals surface area contributed by atoms with Crippen LogP contribution in [0.3, 0.4) is 0 Å². The van der Waals surface area contributed by atoms with Crippen LogP contribution in [0.1, 0.15) is 16.9 Å². The SMILES string of the molecule is CN(C)CCCNc1cc(C(=O)N2CCN(c3ccccc3)CC2)ncn1. The first-order valence-corrected chi connectivity index (χ1v) is 9.43. The highest BCUT2D eigenvalue weighted by atomic mass is 16.2. The third-order valence-electron chi connectivity index (χ3n) is 4.66. The second-order valence-corrected chi connectivity index (χ2v) is 6.99. The van der Waals surface area contributed by atoms with Crippen molar-refractivity contribution >= 4 is 17.4 Å². The topological polar surface area (TPSA) is 64.6 Å². The Bertz CT molecular complexity index is 728. The highest BCUT2D eigenvalue weighted by molar-refractivity contribution is 5.93. The number of anilines is 2. The van der Waals surface area contributed by atoms with Crippen molar-refractivity contribution in [1.29, 1.82) is 0 Å². The van der Waals surface area contributed by atoms with Crippen molar-refractivity contribution in [3.63, 3.8) is 0 Å². The Morgan fingerprint density at radius 3 is 2.56 bits per heavy atom. The lowest BCUT2D eigenvalue weighted by atomic mass is 10.2. The number of piperazine rings is 1. The standard InChI is InChI=1S/C20H28N6O/c1-24(2)10-6-9-21-19-15-18(22-16-23-19)20(27)26-13-11-25(12-14-26)17-7-4-3-5-8-17/h3-5,7-8,15-16H,6,9-14H2,1-2H3,(H,21,22,23). The Balaban J connectivity index is 1.53. The molecule has 7 heteroatoms. The van der Waals surface area contributed by atoms with E-state index in [1.807, 2.05) is 23.1 Å². The Morgan fingerprint density at radius 1 is 1.11 bits per heavy atom. The fourth-order valence-corrected chi connectivity index (χ4v) is 3.15. The summed E-state index contributed by atoms with van der Waals surface area (Å²) in [6.07, 6.45) is 2.48. The normalized spacial score (nSPS) is 14.5. The average molecular weight is 368 g/mol. The lowest BCUT2D eigenvalue weighted by Crippen LogP contribution is -2.49. The smallest absolute Gasteiger partial charge is 0.272 e. The summed E-state index contributed by atoms with van der Waals surface area (Å²) in [5.41, 5.74) is 1.66. The maximum Gasteiger partial charge on any atom is 0.272 e. The maximum absolute atomic E-state index is 12.8. The van der Waals surface area contributed by atoms with Crippen molar-refractivity contribution in [2.75, 3.05) is 63.6 Å². The monoisotopic (exact) mass is 368 g/mol. The van der Waals surface area contributed by atoms with Gasteiger partial charge in [-0.1, -0.05) is 18.2 Å². The van der Waals surface area contributed by atoms with Gasteiger partial charge in [0, 0.05) is 44.5 Å². The van der Waals surface area contributed by atoms with Gasteiger partial charge in [-0.3, -0.25) is 4.79 Å². The van der Waals surface area contributed by atoms with E-state index >= 15 is 0 Å². The Morgan fingerprint density at radius 2 is 1.85 bits per heavy atom. The number of carbonyl (C=O) groups excluding carboxylic acids is 1. The predicted octanol–water partition coefficient (Wildman–Crippen LogP) is 1.80. The summed E-state index contributed by atoms with van der Waals surface area (Å²) in [5, 5.41) is 3.27. The van der Waals surface area contributed by atoms with Crippen LogP contribution in [0.15, 0.2) is 42.7 Å². The van der Waals surface area contributed by atoms with E-state index in [2.05, 4.69) is 51.3 Å². The zero-order valence-electron chi connectivity index (χ0n) is 16.1. The molecule has 7 nitrogen and oxygen atoms in total. The number of carbonyl (C=O) groups is 1. The minimum Gasteiger partial charge on any atom is -0.370 e. The maximum atomic E-state index is 12.8. The molecule has 2 heterocycles. The van der Waals surface area contributed by atoms with Crippen molar-refractivity contribution in [1.82, 2.24) is 19.8 Å². The van der Waals surface area contributed by atoms with Crippen molar-refractivity contribution in [3.8, 4) is 0 Å². The van der Waals surface area contributed by atoms with Gasteiger partial charge in [0.15, 0.2) is 0 Å². The Labute approximate surface area is 161 Å². The van der Waals surface area contributed by atoms with Gasteiger partial charge in [0.2, 0.25) is 0 Å². The van der Waals surface area contributed by atoms with E-state index < -0.39 is 0 Å². The van der Waals surface area contributed by atoms with Gasteiger partial charge >= 0.3 is 0 Å². The molecule has 1 amide bonds. The molecule has 1 aromatic carbocycles. The molecular weight excluding hydrogens is 340 g/mol. The molecule has 0 aliphatic carbocycles. The summed E-state index contributed by atoms with van der Waals surface area (Å²) in [7, 11) is 4.11. The van der Waals surface area contributed by atoms with Crippen LogP contribution >= 0.6 is 0 Å². The number of hydrogen-bond acceptors (Lipinski definition) is 6. The number of nitrogens with zero attached hydrogens (tertiary/aromatic N) is 5. The average Bonchev–Trinajstić information content (AvgIpc) is 2.71. The third kappa shape index (κ3) is 5.40. The molecular formula is C20H28N6O. The fourth-order valence-electron chi connectivity index (χ4n) is 3.15. The van der Waals surface area contributed by atoms with Crippen molar-refractivity contribution in [3.05, 3.63) is 48.4 Å². The van der Waals surface area contributed by atoms with E-state index in [-0.39, 0.29) is 5.91 Å². The number of rotatable bonds is 7. The second-order valence-electron chi connectivity index (χ2n) is 6.99. The van der Waals surface area contributed by atoms with E-state index in [0.717, 1.165) is 32.6 Å². The minimum absolute atomic E-state index is 0.0264. The molecule has 0 spiro atoms. The molecule has 0 saturated carbocycles. The first-order chi connectivity index (χ1) is 13.1. The highest BCUT2D eigenvalue weighted by Crippen LogP contribution is 2.17. The number of benzene rings is 1. The van der Waals surface area contributed by atoms with Crippen LogP contribution in [0.25, 0.3) is 0 Å². The molecule has 1 aromatic heterocycles. The van der Waals surface area contributed by atoms with Gasteiger partial charge in [-0.25, -0.2) is 9.97 Å². The molecule has 144 valence electrons. The minimum atomic E-state index is -0.0264.